The van der Waals surface area contributed by atoms with Gasteiger partial charge in [-0.05, 0) is 32.8 Å². The quantitative estimate of drug-likeness (QED) is 0.814. The Balaban J connectivity index is 3.22. The van der Waals surface area contributed by atoms with Crippen molar-refractivity contribution in [3.8, 4) is 0 Å². The van der Waals surface area contributed by atoms with E-state index in [1.807, 2.05) is 6.92 Å². The number of carbonyl (C=O) groups is 2. The van der Waals surface area contributed by atoms with E-state index >= 15 is 0 Å². The highest BCUT2D eigenvalue weighted by atomic mass is 16.5. The summed E-state index contributed by atoms with van der Waals surface area (Å²) in [6.07, 6.45) is 0.680. The van der Waals surface area contributed by atoms with E-state index in [0.717, 1.165) is 11.3 Å². The molecule has 0 spiro atoms. The normalized spacial score (nSPS) is 10.4. The van der Waals surface area contributed by atoms with Crippen molar-refractivity contribution in [1.82, 2.24) is 4.57 Å². The highest BCUT2D eigenvalue weighted by Crippen LogP contribution is 2.22. The van der Waals surface area contributed by atoms with Gasteiger partial charge < -0.3 is 14.4 Å². The van der Waals surface area contributed by atoms with E-state index < -0.39 is 5.97 Å². The van der Waals surface area contributed by atoms with Gasteiger partial charge in [0.15, 0.2) is 0 Å². The van der Waals surface area contributed by atoms with Crippen LogP contribution in [0.5, 0.6) is 0 Å². The van der Waals surface area contributed by atoms with Gasteiger partial charge in [0.1, 0.15) is 6.54 Å². The molecule has 5 nitrogen and oxygen atoms in total. The Kier molecular flexibility index (Phi) is 4.53. The first-order valence-corrected chi connectivity index (χ1v) is 6.01. The van der Waals surface area contributed by atoms with Crippen LogP contribution in [0, 0.1) is 13.8 Å². The fourth-order valence-electron chi connectivity index (χ4n) is 2.28. The first-order valence-electron chi connectivity index (χ1n) is 6.01. The van der Waals surface area contributed by atoms with Crippen LogP contribution in [0.3, 0.4) is 0 Å². The number of rotatable bonds is 5. The minimum atomic E-state index is -0.956. The molecule has 100 valence electrons. The molecule has 5 heteroatoms. The predicted octanol–water partition coefficient (Wildman–Crippen LogP) is 1.93. The molecule has 0 aromatic carbocycles. The van der Waals surface area contributed by atoms with Crippen LogP contribution in [-0.2, 0) is 22.5 Å². The number of hydrogen-bond donors (Lipinski definition) is 1. The third-order valence-corrected chi connectivity index (χ3v) is 3.04. The van der Waals surface area contributed by atoms with Crippen molar-refractivity contribution >= 4 is 11.9 Å². The lowest BCUT2D eigenvalue weighted by Crippen LogP contribution is -2.16. The van der Waals surface area contributed by atoms with Crippen molar-refractivity contribution in [2.75, 3.05) is 6.61 Å². The molecule has 1 N–H and O–H groups in total. The Bertz CT molecular complexity index is 474. The van der Waals surface area contributed by atoms with Crippen molar-refractivity contribution in [3.05, 3.63) is 22.5 Å². The number of carbonyl (C=O) groups excluding carboxylic acids is 1. The molecule has 0 fully saturated rings. The van der Waals surface area contributed by atoms with E-state index in [4.69, 9.17) is 4.74 Å². The summed E-state index contributed by atoms with van der Waals surface area (Å²) in [5.41, 5.74) is 2.49. The van der Waals surface area contributed by atoms with Gasteiger partial charge >= 0.3 is 11.9 Å². The van der Waals surface area contributed by atoms with Gasteiger partial charge in [0.25, 0.3) is 0 Å². The zero-order valence-corrected chi connectivity index (χ0v) is 11.2. The number of aromatic carboxylic acids is 1. The molecule has 0 aliphatic carbocycles. The summed E-state index contributed by atoms with van der Waals surface area (Å²) in [4.78, 5) is 22.7. The highest BCUT2D eigenvalue weighted by Gasteiger charge is 2.22. The third kappa shape index (κ3) is 2.55. The molecule has 0 atom stereocenters. The molecular weight excluding hydrogens is 234 g/mol. The van der Waals surface area contributed by atoms with Crippen molar-refractivity contribution < 1.29 is 19.4 Å². The number of nitrogens with zero attached hydrogens (tertiary/aromatic N) is 1. The smallest absolute Gasteiger partial charge is 0.337 e. The van der Waals surface area contributed by atoms with Gasteiger partial charge in [-0.25, -0.2) is 4.79 Å². The zero-order chi connectivity index (χ0) is 13.9. The van der Waals surface area contributed by atoms with E-state index in [0.29, 0.717) is 18.7 Å². The van der Waals surface area contributed by atoms with Gasteiger partial charge in [-0.2, -0.15) is 0 Å². The van der Waals surface area contributed by atoms with Gasteiger partial charge in [-0.1, -0.05) is 6.92 Å². The Morgan fingerprint density at radius 1 is 1.28 bits per heavy atom. The van der Waals surface area contributed by atoms with Crippen LogP contribution in [0.25, 0.3) is 0 Å². The van der Waals surface area contributed by atoms with Gasteiger partial charge in [0.2, 0.25) is 0 Å². The lowest BCUT2D eigenvalue weighted by Gasteiger charge is -2.10. The van der Waals surface area contributed by atoms with E-state index in [-0.39, 0.29) is 18.1 Å². The maximum atomic E-state index is 11.5. The maximum Gasteiger partial charge on any atom is 0.337 e. The zero-order valence-electron chi connectivity index (χ0n) is 11.2. The number of ether oxygens (including phenoxy) is 1. The molecular formula is C13H19NO4. The van der Waals surface area contributed by atoms with Gasteiger partial charge in [-0.15, -0.1) is 0 Å². The molecule has 1 aromatic rings. The van der Waals surface area contributed by atoms with E-state index in [2.05, 4.69) is 0 Å². The fraction of sp³-hybridized carbons (Fsp3) is 0.538. The predicted molar refractivity (Wildman–Crippen MR) is 66.9 cm³/mol. The molecule has 0 aliphatic heterocycles. The first-order chi connectivity index (χ1) is 8.43. The second-order valence-corrected chi connectivity index (χ2v) is 4.08. The SMILES string of the molecule is CCOC(=O)Cn1c(C)c(C(=O)O)c(C)c1CC. The van der Waals surface area contributed by atoms with Crippen LogP contribution in [0.2, 0.25) is 0 Å². The minimum absolute atomic E-state index is 0.0664. The molecule has 0 unspecified atom stereocenters. The molecule has 0 saturated carbocycles. The summed E-state index contributed by atoms with van der Waals surface area (Å²) >= 11 is 0. The molecule has 0 saturated heterocycles. The number of esters is 1. The molecule has 1 aromatic heterocycles. The van der Waals surface area contributed by atoms with Crippen molar-refractivity contribution in [2.24, 2.45) is 0 Å². The lowest BCUT2D eigenvalue weighted by molar-refractivity contribution is -0.143. The summed E-state index contributed by atoms with van der Waals surface area (Å²) in [7, 11) is 0. The van der Waals surface area contributed by atoms with Crippen LogP contribution < -0.4 is 0 Å². The first kappa shape index (κ1) is 14.3. The molecule has 0 radical (unpaired) electrons. The number of carboxylic acids is 1. The Hall–Kier alpha value is -1.78. The third-order valence-electron chi connectivity index (χ3n) is 3.04. The Labute approximate surface area is 106 Å². The second-order valence-electron chi connectivity index (χ2n) is 4.08. The van der Waals surface area contributed by atoms with Gasteiger partial charge in [0.05, 0.1) is 12.2 Å². The van der Waals surface area contributed by atoms with Gasteiger partial charge in [0, 0.05) is 11.4 Å². The molecule has 1 rings (SSSR count). The Morgan fingerprint density at radius 3 is 2.33 bits per heavy atom. The highest BCUT2D eigenvalue weighted by molar-refractivity contribution is 5.91. The summed E-state index contributed by atoms with van der Waals surface area (Å²) in [5.74, 6) is -1.30. The summed E-state index contributed by atoms with van der Waals surface area (Å²) in [5, 5.41) is 9.19. The van der Waals surface area contributed by atoms with Crippen LogP contribution in [0.1, 0.15) is 41.2 Å². The number of carboxylic acid groups (broad SMARTS) is 1. The Morgan fingerprint density at radius 2 is 1.89 bits per heavy atom. The van der Waals surface area contributed by atoms with Crippen molar-refractivity contribution in [3.63, 3.8) is 0 Å². The van der Waals surface area contributed by atoms with E-state index in [1.165, 1.54) is 0 Å². The minimum Gasteiger partial charge on any atom is -0.478 e. The molecule has 18 heavy (non-hydrogen) atoms. The molecule has 1 heterocycles. The molecule has 0 amide bonds. The van der Waals surface area contributed by atoms with Gasteiger partial charge in [-0.3, -0.25) is 4.79 Å². The van der Waals surface area contributed by atoms with E-state index in [9.17, 15) is 14.7 Å². The second kappa shape index (κ2) is 5.71. The number of hydrogen-bond acceptors (Lipinski definition) is 3. The monoisotopic (exact) mass is 253 g/mol. The van der Waals surface area contributed by atoms with Crippen LogP contribution in [0.15, 0.2) is 0 Å². The largest absolute Gasteiger partial charge is 0.478 e. The van der Waals surface area contributed by atoms with Crippen LogP contribution in [-0.4, -0.2) is 28.2 Å². The summed E-state index contributed by atoms with van der Waals surface area (Å²) in [6, 6.07) is 0. The van der Waals surface area contributed by atoms with Crippen molar-refractivity contribution in [2.45, 2.75) is 40.7 Å². The summed E-state index contributed by atoms with van der Waals surface area (Å²) in [6.45, 7) is 7.57. The van der Waals surface area contributed by atoms with E-state index in [1.54, 1.807) is 25.3 Å². The fourth-order valence-corrected chi connectivity index (χ4v) is 2.28. The molecule has 0 aliphatic rings. The summed E-state index contributed by atoms with van der Waals surface area (Å²) < 4.78 is 6.64. The average Bonchev–Trinajstić information content (AvgIpc) is 2.50. The topological polar surface area (TPSA) is 68.5 Å². The lowest BCUT2D eigenvalue weighted by atomic mass is 10.1. The number of aromatic nitrogens is 1. The average molecular weight is 253 g/mol. The van der Waals surface area contributed by atoms with Crippen molar-refractivity contribution in [1.29, 1.82) is 0 Å². The van der Waals surface area contributed by atoms with Crippen LogP contribution in [0.4, 0.5) is 0 Å². The standard InChI is InChI=1S/C13H19NO4/c1-5-10-8(3)12(13(16)17)9(4)14(10)7-11(15)18-6-2/h5-7H2,1-4H3,(H,16,17). The maximum absolute atomic E-state index is 11.5. The molecule has 0 bridgehead atoms. The van der Waals surface area contributed by atoms with Crippen LogP contribution >= 0.6 is 0 Å².